The van der Waals surface area contributed by atoms with Crippen molar-refractivity contribution < 1.29 is 4.79 Å². The Hall–Kier alpha value is -0.570. The number of amides is 1. The molecule has 0 aromatic carbocycles. The molecule has 17 heavy (non-hydrogen) atoms. The molecule has 3 nitrogen and oxygen atoms in total. The average molecular weight is 242 g/mol. The van der Waals surface area contributed by atoms with Crippen molar-refractivity contribution in [3.05, 3.63) is 0 Å². The van der Waals surface area contributed by atoms with Crippen LogP contribution in [0.4, 0.5) is 0 Å². The van der Waals surface area contributed by atoms with Gasteiger partial charge in [-0.05, 0) is 25.8 Å². The van der Waals surface area contributed by atoms with E-state index in [9.17, 15) is 4.79 Å². The lowest BCUT2D eigenvalue weighted by atomic mass is 10.0. The predicted molar refractivity (Wildman–Crippen MR) is 74.1 cm³/mol. The van der Waals surface area contributed by atoms with Crippen LogP contribution in [0.2, 0.25) is 0 Å². The lowest BCUT2D eigenvalue weighted by molar-refractivity contribution is -0.122. The van der Waals surface area contributed by atoms with Gasteiger partial charge in [0.2, 0.25) is 5.91 Å². The monoisotopic (exact) mass is 242 g/mol. The lowest BCUT2D eigenvalue weighted by Gasteiger charge is -2.18. The standard InChI is InChI=1S/C14H30N2O/c1-5-8-9-10-15-14(17)12(4)16-11-13(6-2)7-3/h12-13,16H,5-11H2,1-4H3,(H,15,17). The zero-order valence-corrected chi connectivity index (χ0v) is 12.0. The summed E-state index contributed by atoms with van der Waals surface area (Å²) in [6.45, 7) is 10.3. The van der Waals surface area contributed by atoms with Crippen molar-refractivity contribution in [2.75, 3.05) is 13.1 Å². The van der Waals surface area contributed by atoms with Crippen molar-refractivity contribution in [2.45, 2.75) is 65.8 Å². The molecule has 102 valence electrons. The molecule has 0 saturated carbocycles. The van der Waals surface area contributed by atoms with Gasteiger partial charge in [0.15, 0.2) is 0 Å². The molecule has 0 fully saturated rings. The van der Waals surface area contributed by atoms with E-state index in [1.165, 1.54) is 25.7 Å². The summed E-state index contributed by atoms with van der Waals surface area (Å²) in [6, 6.07) is -0.0720. The minimum Gasteiger partial charge on any atom is -0.355 e. The Morgan fingerprint density at radius 3 is 2.29 bits per heavy atom. The molecule has 0 spiro atoms. The zero-order valence-electron chi connectivity index (χ0n) is 12.0. The quantitative estimate of drug-likeness (QED) is 0.578. The van der Waals surface area contributed by atoms with E-state index in [0.29, 0.717) is 5.92 Å². The van der Waals surface area contributed by atoms with Crippen LogP contribution in [0.5, 0.6) is 0 Å². The summed E-state index contributed by atoms with van der Waals surface area (Å²) >= 11 is 0. The van der Waals surface area contributed by atoms with E-state index in [2.05, 4.69) is 31.4 Å². The van der Waals surface area contributed by atoms with Crippen molar-refractivity contribution in [3.8, 4) is 0 Å². The molecular weight excluding hydrogens is 212 g/mol. The van der Waals surface area contributed by atoms with Crippen molar-refractivity contribution >= 4 is 5.91 Å². The van der Waals surface area contributed by atoms with E-state index in [1.807, 2.05) is 6.92 Å². The van der Waals surface area contributed by atoms with Crippen LogP contribution in [0.1, 0.15) is 59.8 Å². The third-order valence-electron chi connectivity index (χ3n) is 3.34. The topological polar surface area (TPSA) is 41.1 Å². The number of hydrogen-bond donors (Lipinski definition) is 2. The summed E-state index contributed by atoms with van der Waals surface area (Å²) in [6.07, 6.45) is 5.82. The molecular formula is C14H30N2O. The van der Waals surface area contributed by atoms with Gasteiger partial charge in [-0.15, -0.1) is 0 Å². The first-order valence-electron chi connectivity index (χ1n) is 7.16. The van der Waals surface area contributed by atoms with E-state index in [0.717, 1.165) is 19.5 Å². The summed E-state index contributed by atoms with van der Waals surface area (Å²) in [5.41, 5.74) is 0. The third kappa shape index (κ3) is 8.19. The van der Waals surface area contributed by atoms with Crippen LogP contribution in [0.3, 0.4) is 0 Å². The highest BCUT2D eigenvalue weighted by molar-refractivity contribution is 5.81. The van der Waals surface area contributed by atoms with Crippen molar-refractivity contribution in [2.24, 2.45) is 5.92 Å². The molecule has 1 unspecified atom stereocenters. The van der Waals surface area contributed by atoms with Crippen LogP contribution in [-0.4, -0.2) is 25.0 Å². The Labute approximate surface area is 107 Å². The Morgan fingerprint density at radius 2 is 1.76 bits per heavy atom. The van der Waals surface area contributed by atoms with Crippen LogP contribution in [0.15, 0.2) is 0 Å². The van der Waals surface area contributed by atoms with Crippen LogP contribution < -0.4 is 10.6 Å². The number of rotatable bonds is 10. The largest absolute Gasteiger partial charge is 0.355 e. The van der Waals surface area contributed by atoms with Crippen LogP contribution in [0, 0.1) is 5.92 Å². The second-order valence-electron chi connectivity index (χ2n) is 4.81. The molecule has 0 aliphatic carbocycles. The highest BCUT2D eigenvalue weighted by Crippen LogP contribution is 2.05. The van der Waals surface area contributed by atoms with Crippen molar-refractivity contribution in [3.63, 3.8) is 0 Å². The van der Waals surface area contributed by atoms with Gasteiger partial charge in [-0.25, -0.2) is 0 Å². The minimum atomic E-state index is -0.0720. The zero-order chi connectivity index (χ0) is 13.1. The van der Waals surface area contributed by atoms with Gasteiger partial charge in [0.25, 0.3) is 0 Å². The highest BCUT2D eigenvalue weighted by atomic mass is 16.2. The first-order chi connectivity index (χ1) is 8.15. The number of carbonyl (C=O) groups is 1. The molecule has 0 saturated heterocycles. The molecule has 0 bridgehead atoms. The highest BCUT2D eigenvalue weighted by Gasteiger charge is 2.12. The van der Waals surface area contributed by atoms with Crippen LogP contribution >= 0.6 is 0 Å². The predicted octanol–water partition coefficient (Wildman–Crippen LogP) is 2.71. The molecule has 0 aromatic rings. The molecule has 0 aromatic heterocycles. The van der Waals surface area contributed by atoms with Gasteiger partial charge in [-0.3, -0.25) is 4.79 Å². The molecule has 0 rings (SSSR count). The second-order valence-corrected chi connectivity index (χ2v) is 4.81. The molecule has 3 heteroatoms. The lowest BCUT2D eigenvalue weighted by Crippen LogP contribution is -2.44. The Balaban J connectivity index is 3.66. The van der Waals surface area contributed by atoms with Gasteiger partial charge in [-0.2, -0.15) is 0 Å². The van der Waals surface area contributed by atoms with Gasteiger partial charge in [0.05, 0.1) is 6.04 Å². The Morgan fingerprint density at radius 1 is 1.12 bits per heavy atom. The fourth-order valence-electron chi connectivity index (χ4n) is 1.75. The molecule has 1 atom stereocenters. The Kier molecular flexibility index (Phi) is 10.2. The van der Waals surface area contributed by atoms with Crippen LogP contribution in [0.25, 0.3) is 0 Å². The molecule has 0 aliphatic rings. The fraction of sp³-hybridized carbons (Fsp3) is 0.929. The number of hydrogen-bond acceptors (Lipinski definition) is 2. The van der Waals surface area contributed by atoms with E-state index in [4.69, 9.17) is 0 Å². The number of nitrogens with one attached hydrogen (secondary N) is 2. The van der Waals surface area contributed by atoms with E-state index in [-0.39, 0.29) is 11.9 Å². The van der Waals surface area contributed by atoms with Gasteiger partial charge in [0.1, 0.15) is 0 Å². The van der Waals surface area contributed by atoms with Gasteiger partial charge >= 0.3 is 0 Å². The summed E-state index contributed by atoms with van der Waals surface area (Å²) in [7, 11) is 0. The van der Waals surface area contributed by atoms with Crippen molar-refractivity contribution in [1.82, 2.24) is 10.6 Å². The van der Waals surface area contributed by atoms with E-state index >= 15 is 0 Å². The number of carbonyl (C=O) groups excluding carboxylic acids is 1. The first kappa shape index (κ1) is 16.4. The maximum absolute atomic E-state index is 11.7. The summed E-state index contributed by atoms with van der Waals surface area (Å²) in [5, 5.41) is 6.29. The van der Waals surface area contributed by atoms with E-state index in [1.54, 1.807) is 0 Å². The smallest absolute Gasteiger partial charge is 0.236 e. The number of unbranched alkanes of at least 4 members (excludes halogenated alkanes) is 2. The molecule has 1 amide bonds. The Bertz CT molecular complexity index is 191. The average Bonchev–Trinajstić information content (AvgIpc) is 2.35. The van der Waals surface area contributed by atoms with Gasteiger partial charge in [0, 0.05) is 6.54 Å². The molecule has 0 heterocycles. The third-order valence-corrected chi connectivity index (χ3v) is 3.34. The summed E-state index contributed by atoms with van der Waals surface area (Å²) in [5.74, 6) is 0.817. The maximum Gasteiger partial charge on any atom is 0.236 e. The van der Waals surface area contributed by atoms with E-state index < -0.39 is 0 Å². The van der Waals surface area contributed by atoms with Gasteiger partial charge in [-0.1, -0.05) is 46.5 Å². The summed E-state index contributed by atoms with van der Waals surface area (Å²) in [4.78, 5) is 11.7. The molecule has 0 radical (unpaired) electrons. The van der Waals surface area contributed by atoms with Crippen molar-refractivity contribution in [1.29, 1.82) is 0 Å². The summed E-state index contributed by atoms with van der Waals surface area (Å²) < 4.78 is 0. The second kappa shape index (κ2) is 10.6. The molecule has 0 aliphatic heterocycles. The maximum atomic E-state index is 11.7. The SMILES string of the molecule is CCCCCNC(=O)C(C)NCC(CC)CC. The molecule has 2 N–H and O–H groups in total. The fourth-order valence-corrected chi connectivity index (χ4v) is 1.75. The minimum absolute atomic E-state index is 0.0720. The van der Waals surface area contributed by atoms with Gasteiger partial charge < -0.3 is 10.6 Å². The first-order valence-corrected chi connectivity index (χ1v) is 7.16. The van der Waals surface area contributed by atoms with Crippen LogP contribution in [-0.2, 0) is 4.79 Å². The normalized spacial score (nSPS) is 12.8.